The van der Waals surface area contributed by atoms with E-state index in [2.05, 4.69) is 18.8 Å². The number of rotatable bonds is 3. The maximum Gasteiger partial charge on any atom is 0.128 e. The van der Waals surface area contributed by atoms with Gasteiger partial charge < -0.3 is 10.5 Å². The third-order valence-corrected chi connectivity index (χ3v) is 3.71. The number of nitrogens with two attached hydrogens (primary N) is 1. The topological polar surface area (TPSA) is 48.1 Å². The van der Waals surface area contributed by atoms with Crippen molar-refractivity contribution in [3.8, 4) is 17.0 Å². The van der Waals surface area contributed by atoms with Crippen LogP contribution in [0.25, 0.3) is 11.3 Å². The minimum absolute atomic E-state index is 0.394. The number of hydrogen-bond donors (Lipinski definition) is 1. The molecule has 1 heterocycles. The SMILES string of the molecule is COc1ccccc1-c1nc(C(C)C)sc1N. The lowest BCUT2D eigenvalue weighted by Crippen LogP contribution is -1.91. The van der Waals surface area contributed by atoms with Crippen LogP contribution in [0, 0.1) is 0 Å². The summed E-state index contributed by atoms with van der Waals surface area (Å²) in [5.74, 6) is 1.20. The highest BCUT2D eigenvalue weighted by molar-refractivity contribution is 7.16. The van der Waals surface area contributed by atoms with Gasteiger partial charge in [-0.2, -0.15) is 0 Å². The van der Waals surface area contributed by atoms with Crippen molar-refractivity contribution < 1.29 is 4.74 Å². The van der Waals surface area contributed by atoms with Gasteiger partial charge in [-0.05, 0) is 12.1 Å². The Kier molecular flexibility index (Phi) is 3.33. The number of benzene rings is 1. The average molecular weight is 248 g/mol. The van der Waals surface area contributed by atoms with Gasteiger partial charge in [0.25, 0.3) is 0 Å². The normalized spacial score (nSPS) is 10.8. The lowest BCUT2D eigenvalue weighted by molar-refractivity contribution is 0.416. The highest BCUT2D eigenvalue weighted by atomic mass is 32.1. The van der Waals surface area contributed by atoms with E-state index >= 15 is 0 Å². The van der Waals surface area contributed by atoms with Crippen LogP contribution in [-0.2, 0) is 0 Å². The summed E-state index contributed by atoms with van der Waals surface area (Å²) in [6.07, 6.45) is 0. The molecule has 2 rings (SSSR count). The molecular formula is C13H16N2OS. The fourth-order valence-corrected chi connectivity index (χ4v) is 2.48. The molecule has 90 valence electrons. The minimum atomic E-state index is 0.394. The molecule has 0 fully saturated rings. The number of aromatic nitrogens is 1. The van der Waals surface area contributed by atoms with E-state index in [1.54, 1.807) is 18.4 Å². The first-order chi connectivity index (χ1) is 8.13. The highest BCUT2D eigenvalue weighted by Crippen LogP contribution is 2.37. The number of hydrogen-bond acceptors (Lipinski definition) is 4. The molecule has 0 aliphatic carbocycles. The molecule has 0 aliphatic heterocycles. The molecule has 0 unspecified atom stereocenters. The Balaban J connectivity index is 2.52. The van der Waals surface area contributed by atoms with Crippen molar-refractivity contribution >= 4 is 16.3 Å². The van der Waals surface area contributed by atoms with Crippen LogP contribution in [0.2, 0.25) is 0 Å². The molecule has 0 saturated carbocycles. The standard InChI is InChI=1S/C13H16N2OS/c1-8(2)13-15-11(12(14)17-13)9-6-4-5-7-10(9)16-3/h4-8H,14H2,1-3H3. The van der Waals surface area contributed by atoms with E-state index in [9.17, 15) is 0 Å². The highest BCUT2D eigenvalue weighted by Gasteiger charge is 2.15. The Morgan fingerprint density at radius 3 is 2.59 bits per heavy atom. The van der Waals surface area contributed by atoms with Crippen molar-refractivity contribution in [1.29, 1.82) is 0 Å². The van der Waals surface area contributed by atoms with E-state index in [4.69, 9.17) is 10.5 Å². The second kappa shape index (κ2) is 4.75. The van der Waals surface area contributed by atoms with Crippen LogP contribution in [-0.4, -0.2) is 12.1 Å². The van der Waals surface area contributed by atoms with Crippen LogP contribution in [0.5, 0.6) is 5.75 Å². The number of ether oxygens (including phenoxy) is 1. The first-order valence-corrected chi connectivity index (χ1v) is 6.34. The van der Waals surface area contributed by atoms with Crippen molar-refractivity contribution in [3.63, 3.8) is 0 Å². The number of nitrogen functional groups attached to an aromatic ring is 1. The number of anilines is 1. The Morgan fingerprint density at radius 2 is 2.00 bits per heavy atom. The molecule has 0 saturated heterocycles. The Hall–Kier alpha value is -1.55. The van der Waals surface area contributed by atoms with Gasteiger partial charge in [0.15, 0.2) is 0 Å². The molecule has 0 bridgehead atoms. The van der Waals surface area contributed by atoms with Gasteiger partial charge in [0.2, 0.25) is 0 Å². The van der Waals surface area contributed by atoms with Crippen molar-refractivity contribution in [2.45, 2.75) is 19.8 Å². The maximum atomic E-state index is 6.04. The second-order valence-electron chi connectivity index (χ2n) is 4.12. The van der Waals surface area contributed by atoms with E-state index in [1.807, 2.05) is 24.3 Å². The zero-order valence-electron chi connectivity index (χ0n) is 10.2. The van der Waals surface area contributed by atoms with Gasteiger partial charge in [-0.25, -0.2) is 4.98 Å². The van der Waals surface area contributed by atoms with E-state index in [0.717, 1.165) is 27.0 Å². The summed E-state index contributed by atoms with van der Waals surface area (Å²) < 4.78 is 5.33. The molecule has 4 heteroatoms. The third kappa shape index (κ3) is 2.26. The Morgan fingerprint density at radius 1 is 1.29 bits per heavy atom. The van der Waals surface area contributed by atoms with Gasteiger partial charge in [-0.1, -0.05) is 26.0 Å². The third-order valence-electron chi connectivity index (χ3n) is 2.53. The van der Waals surface area contributed by atoms with Gasteiger partial charge >= 0.3 is 0 Å². The van der Waals surface area contributed by atoms with Gasteiger partial charge in [-0.3, -0.25) is 0 Å². The predicted molar refractivity (Wildman–Crippen MR) is 72.6 cm³/mol. The summed E-state index contributed by atoms with van der Waals surface area (Å²) in [5.41, 5.74) is 7.82. The quantitative estimate of drug-likeness (QED) is 0.904. The van der Waals surface area contributed by atoms with Crippen LogP contribution in [0.4, 0.5) is 5.00 Å². The van der Waals surface area contributed by atoms with Gasteiger partial charge in [0, 0.05) is 11.5 Å². The summed E-state index contributed by atoms with van der Waals surface area (Å²) in [4.78, 5) is 4.60. The summed E-state index contributed by atoms with van der Waals surface area (Å²) >= 11 is 1.55. The molecule has 0 aliphatic rings. The number of nitrogens with zero attached hydrogens (tertiary/aromatic N) is 1. The lowest BCUT2D eigenvalue weighted by Gasteiger charge is -2.06. The monoisotopic (exact) mass is 248 g/mol. The molecular weight excluding hydrogens is 232 g/mol. The number of para-hydroxylation sites is 1. The first kappa shape index (κ1) is 11.9. The van der Waals surface area contributed by atoms with E-state index < -0.39 is 0 Å². The molecule has 0 amide bonds. The molecule has 1 aromatic carbocycles. The van der Waals surface area contributed by atoms with Crippen LogP contribution in [0.15, 0.2) is 24.3 Å². The average Bonchev–Trinajstić information content (AvgIpc) is 2.71. The fourth-order valence-electron chi connectivity index (χ4n) is 1.63. The number of methoxy groups -OCH3 is 1. The molecule has 0 radical (unpaired) electrons. The lowest BCUT2D eigenvalue weighted by atomic mass is 10.1. The zero-order valence-corrected chi connectivity index (χ0v) is 11.0. The van der Waals surface area contributed by atoms with Gasteiger partial charge in [0.1, 0.15) is 16.4 Å². The summed E-state index contributed by atoms with van der Waals surface area (Å²) in [7, 11) is 1.66. The Labute approximate surface area is 105 Å². The summed E-state index contributed by atoms with van der Waals surface area (Å²) in [6, 6.07) is 7.80. The van der Waals surface area contributed by atoms with E-state index in [1.165, 1.54) is 0 Å². The van der Waals surface area contributed by atoms with Gasteiger partial charge in [-0.15, -0.1) is 11.3 Å². The zero-order chi connectivity index (χ0) is 12.4. The number of thiazole rings is 1. The van der Waals surface area contributed by atoms with Crippen molar-refractivity contribution in [1.82, 2.24) is 4.98 Å². The molecule has 2 N–H and O–H groups in total. The summed E-state index contributed by atoms with van der Waals surface area (Å²) in [5, 5.41) is 1.81. The molecule has 3 nitrogen and oxygen atoms in total. The smallest absolute Gasteiger partial charge is 0.128 e. The maximum absolute atomic E-state index is 6.04. The first-order valence-electron chi connectivity index (χ1n) is 5.53. The van der Waals surface area contributed by atoms with Crippen molar-refractivity contribution in [3.05, 3.63) is 29.3 Å². The molecule has 1 aromatic heterocycles. The van der Waals surface area contributed by atoms with Crippen molar-refractivity contribution in [2.24, 2.45) is 0 Å². The molecule has 0 spiro atoms. The van der Waals surface area contributed by atoms with Crippen LogP contribution in [0.3, 0.4) is 0 Å². The second-order valence-corrected chi connectivity index (χ2v) is 5.18. The Bertz CT molecular complexity index is 520. The fraction of sp³-hybridized carbons (Fsp3) is 0.308. The van der Waals surface area contributed by atoms with Gasteiger partial charge in [0.05, 0.1) is 12.1 Å². The van der Waals surface area contributed by atoms with Crippen molar-refractivity contribution in [2.75, 3.05) is 12.8 Å². The largest absolute Gasteiger partial charge is 0.496 e. The molecule has 0 atom stereocenters. The van der Waals surface area contributed by atoms with E-state index in [0.29, 0.717) is 5.92 Å². The van der Waals surface area contributed by atoms with Crippen LogP contribution >= 0.6 is 11.3 Å². The molecule has 2 aromatic rings. The minimum Gasteiger partial charge on any atom is -0.496 e. The van der Waals surface area contributed by atoms with Crippen LogP contribution in [0.1, 0.15) is 24.8 Å². The van der Waals surface area contributed by atoms with Crippen LogP contribution < -0.4 is 10.5 Å². The predicted octanol–water partition coefficient (Wildman–Crippen LogP) is 3.52. The molecule has 17 heavy (non-hydrogen) atoms. The summed E-state index contributed by atoms with van der Waals surface area (Å²) in [6.45, 7) is 4.23. The van der Waals surface area contributed by atoms with E-state index in [-0.39, 0.29) is 0 Å².